The highest BCUT2D eigenvalue weighted by atomic mass is 15.4. The van der Waals surface area contributed by atoms with Crippen LogP contribution >= 0.6 is 0 Å². The first-order valence-corrected chi connectivity index (χ1v) is 4.59. The molecule has 0 saturated carbocycles. The van der Waals surface area contributed by atoms with Crippen molar-refractivity contribution >= 4 is 5.95 Å². The number of nitrogens with two attached hydrogens (primary N) is 2. The summed E-state index contributed by atoms with van der Waals surface area (Å²) in [6.07, 6.45) is 3.55. The van der Waals surface area contributed by atoms with Crippen LogP contribution in [0.2, 0.25) is 0 Å². The highest BCUT2D eigenvalue weighted by molar-refractivity contribution is 5.48. The third-order valence-corrected chi connectivity index (χ3v) is 2.05. The van der Waals surface area contributed by atoms with Crippen molar-refractivity contribution in [2.45, 2.75) is 6.54 Å². The largest absolute Gasteiger partial charge is 0.368 e. The van der Waals surface area contributed by atoms with Gasteiger partial charge in [0.2, 0.25) is 11.8 Å². The zero-order valence-corrected chi connectivity index (χ0v) is 8.46. The normalized spacial score (nSPS) is 10.8. The minimum atomic E-state index is 0.373. The Morgan fingerprint density at radius 2 is 2.27 bits per heavy atom. The zero-order chi connectivity index (χ0) is 10.8. The van der Waals surface area contributed by atoms with Crippen LogP contribution in [0.5, 0.6) is 0 Å². The van der Waals surface area contributed by atoms with Crippen molar-refractivity contribution in [1.29, 1.82) is 0 Å². The molecule has 0 fully saturated rings. The minimum absolute atomic E-state index is 0.373. The Hall–Kier alpha value is -1.89. The van der Waals surface area contributed by atoms with Gasteiger partial charge in [-0.05, 0) is 0 Å². The van der Waals surface area contributed by atoms with Crippen LogP contribution in [-0.4, -0.2) is 30.9 Å². The number of anilines is 1. The van der Waals surface area contributed by atoms with E-state index in [2.05, 4.69) is 15.1 Å². The van der Waals surface area contributed by atoms with Crippen LogP contribution in [0.15, 0.2) is 12.5 Å². The lowest BCUT2D eigenvalue weighted by atomic mass is 10.4. The molecule has 0 aliphatic carbocycles. The molecule has 0 saturated heterocycles. The van der Waals surface area contributed by atoms with Crippen molar-refractivity contribution in [3.63, 3.8) is 0 Å². The fourth-order valence-corrected chi connectivity index (χ4v) is 1.25. The van der Waals surface area contributed by atoms with Crippen molar-refractivity contribution in [2.24, 2.45) is 12.8 Å². The molecule has 0 aliphatic heterocycles. The van der Waals surface area contributed by atoms with Gasteiger partial charge in [-0.1, -0.05) is 0 Å². The fraction of sp³-hybridized carbons (Fsp3) is 0.375. The molecule has 15 heavy (non-hydrogen) atoms. The van der Waals surface area contributed by atoms with E-state index in [9.17, 15) is 0 Å². The predicted molar refractivity (Wildman–Crippen MR) is 55.7 cm³/mol. The van der Waals surface area contributed by atoms with Crippen LogP contribution in [0, 0.1) is 0 Å². The van der Waals surface area contributed by atoms with E-state index in [0.717, 1.165) is 6.54 Å². The summed E-state index contributed by atoms with van der Waals surface area (Å²) >= 11 is 0. The monoisotopic (exact) mass is 207 g/mol. The van der Waals surface area contributed by atoms with Gasteiger partial charge in [0.25, 0.3) is 0 Å². The fourth-order valence-electron chi connectivity index (χ4n) is 1.25. The van der Waals surface area contributed by atoms with E-state index in [1.165, 1.54) is 4.68 Å². The standard InChI is InChI=1S/C8H13N7/c1-14-8(10)12-7(13-14)6-4-15(3-2-9)5-11-6/h4-5H,2-3,9H2,1H3,(H2,10,12,13). The molecule has 0 aromatic carbocycles. The Morgan fingerprint density at radius 1 is 1.47 bits per heavy atom. The Labute approximate surface area is 86.7 Å². The Bertz CT molecular complexity index is 436. The second-order valence-corrected chi connectivity index (χ2v) is 3.20. The molecule has 4 N–H and O–H groups in total. The highest BCUT2D eigenvalue weighted by Gasteiger charge is 2.09. The molecule has 2 heterocycles. The Balaban J connectivity index is 2.28. The lowest BCUT2D eigenvalue weighted by Gasteiger charge is -1.94. The summed E-state index contributed by atoms with van der Waals surface area (Å²) < 4.78 is 3.40. The van der Waals surface area contributed by atoms with Gasteiger partial charge in [0.1, 0.15) is 5.69 Å². The van der Waals surface area contributed by atoms with Crippen LogP contribution in [0.4, 0.5) is 5.95 Å². The van der Waals surface area contributed by atoms with Gasteiger partial charge >= 0.3 is 0 Å². The van der Waals surface area contributed by atoms with E-state index in [1.807, 2.05) is 10.8 Å². The maximum absolute atomic E-state index is 5.58. The molecule has 0 bridgehead atoms. The third kappa shape index (κ3) is 1.82. The van der Waals surface area contributed by atoms with E-state index >= 15 is 0 Å². The van der Waals surface area contributed by atoms with Gasteiger partial charge in [-0.15, -0.1) is 5.10 Å². The van der Waals surface area contributed by atoms with Crippen LogP contribution < -0.4 is 11.5 Å². The van der Waals surface area contributed by atoms with Gasteiger partial charge in [-0.3, -0.25) is 0 Å². The summed E-state index contributed by atoms with van der Waals surface area (Å²) in [5, 5.41) is 4.13. The molecule has 2 aromatic heterocycles. The average molecular weight is 207 g/mol. The second kappa shape index (κ2) is 3.70. The van der Waals surface area contributed by atoms with E-state index in [1.54, 1.807) is 13.4 Å². The van der Waals surface area contributed by atoms with Crippen LogP contribution in [0.1, 0.15) is 0 Å². The van der Waals surface area contributed by atoms with Crippen LogP contribution in [0.25, 0.3) is 11.5 Å². The first-order valence-electron chi connectivity index (χ1n) is 4.59. The van der Waals surface area contributed by atoms with Crippen LogP contribution in [-0.2, 0) is 13.6 Å². The van der Waals surface area contributed by atoms with E-state index in [4.69, 9.17) is 11.5 Å². The molecule has 7 nitrogen and oxygen atoms in total. The number of rotatable bonds is 3. The number of aryl methyl sites for hydroxylation is 1. The summed E-state index contributed by atoms with van der Waals surface area (Å²) in [6.45, 7) is 1.31. The van der Waals surface area contributed by atoms with E-state index in [-0.39, 0.29) is 0 Å². The molecule has 7 heteroatoms. The topological polar surface area (TPSA) is 101 Å². The molecule has 0 atom stereocenters. The Morgan fingerprint density at radius 3 is 2.87 bits per heavy atom. The van der Waals surface area contributed by atoms with E-state index < -0.39 is 0 Å². The van der Waals surface area contributed by atoms with Crippen molar-refractivity contribution < 1.29 is 0 Å². The van der Waals surface area contributed by atoms with Gasteiger partial charge in [-0.2, -0.15) is 4.98 Å². The maximum atomic E-state index is 5.58. The smallest absolute Gasteiger partial charge is 0.218 e. The number of imidazole rings is 1. The zero-order valence-electron chi connectivity index (χ0n) is 8.46. The molecule has 2 rings (SSSR count). The summed E-state index contributed by atoms with van der Waals surface area (Å²) in [6, 6.07) is 0. The molecular weight excluding hydrogens is 194 g/mol. The summed E-state index contributed by atoms with van der Waals surface area (Å²) in [5.74, 6) is 0.907. The number of aromatic nitrogens is 5. The number of hydrogen-bond acceptors (Lipinski definition) is 5. The molecule has 80 valence electrons. The SMILES string of the molecule is Cn1nc(-c2cn(CCN)cn2)nc1N. The summed E-state index contributed by atoms with van der Waals surface area (Å²) in [5.41, 5.74) is 11.7. The van der Waals surface area contributed by atoms with Gasteiger partial charge < -0.3 is 16.0 Å². The first kappa shape index (κ1) is 9.66. The van der Waals surface area contributed by atoms with E-state index in [0.29, 0.717) is 24.0 Å². The molecule has 2 aromatic rings. The lowest BCUT2D eigenvalue weighted by Crippen LogP contribution is -2.07. The van der Waals surface area contributed by atoms with Gasteiger partial charge in [0.05, 0.1) is 6.33 Å². The molecular formula is C8H13N7. The molecule has 0 aliphatic rings. The quantitative estimate of drug-likeness (QED) is 0.687. The van der Waals surface area contributed by atoms with Gasteiger partial charge in [0, 0.05) is 26.3 Å². The maximum Gasteiger partial charge on any atom is 0.218 e. The van der Waals surface area contributed by atoms with Crippen molar-refractivity contribution in [2.75, 3.05) is 12.3 Å². The number of nitrogens with zero attached hydrogens (tertiary/aromatic N) is 5. The van der Waals surface area contributed by atoms with Crippen molar-refractivity contribution in [3.05, 3.63) is 12.5 Å². The van der Waals surface area contributed by atoms with Crippen molar-refractivity contribution in [3.8, 4) is 11.5 Å². The minimum Gasteiger partial charge on any atom is -0.368 e. The number of nitrogen functional groups attached to an aromatic ring is 1. The Kier molecular flexibility index (Phi) is 2.38. The van der Waals surface area contributed by atoms with Crippen molar-refractivity contribution in [1.82, 2.24) is 24.3 Å². The molecule has 0 amide bonds. The molecule has 0 unspecified atom stereocenters. The van der Waals surface area contributed by atoms with Gasteiger partial charge in [-0.25, -0.2) is 9.67 Å². The first-order chi connectivity index (χ1) is 7.20. The molecule has 0 spiro atoms. The van der Waals surface area contributed by atoms with Crippen LogP contribution in [0.3, 0.4) is 0 Å². The third-order valence-electron chi connectivity index (χ3n) is 2.05. The summed E-state index contributed by atoms with van der Waals surface area (Å²) in [7, 11) is 1.74. The summed E-state index contributed by atoms with van der Waals surface area (Å²) in [4.78, 5) is 8.25. The lowest BCUT2D eigenvalue weighted by molar-refractivity contribution is 0.708. The average Bonchev–Trinajstić information content (AvgIpc) is 2.76. The number of hydrogen-bond donors (Lipinski definition) is 2. The van der Waals surface area contributed by atoms with Gasteiger partial charge in [0.15, 0.2) is 0 Å². The predicted octanol–water partition coefficient (Wildman–Crippen LogP) is -0.780. The highest BCUT2D eigenvalue weighted by Crippen LogP contribution is 2.12. The molecule has 0 radical (unpaired) electrons. The second-order valence-electron chi connectivity index (χ2n) is 3.20.